The minimum atomic E-state index is -0.228. The predicted molar refractivity (Wildman–Crippen MR) is 138 cm³/mol. The first kappa shape index (κ1) is 22.5. The van der Waals surface area contributed by atoms with Crippen molar-refractivity contribution in [3.63, 3.8) is 0 Å². The summed E-state index contributed by atoms with van der Waals surface area (Å²) in [7, 11) is 0. The highest BCUT2D eigenvalue weighted by atomic mass is 16.2. The molecule has 7 nitrogen and oxygen atoms in total. The van der Waals surface area contributed by atoms with Gasteiger partial charge in [0.15, 0.2) is 0 Å². The van der Waals surface area contributed by atoms with E-state index in [9.17, 15) is 4.79 Å². The molecule has 1 saturated heterocycles. The second-order valence-electron chi connectivity index (χ2n) is 10.7. The monoisotopic (exact) mass is 473 g/mol. The van der Waals surface area contributed by atoms with E-state index in [-0.39, 0.29) is 12.2 Å². The Bertz CT molecular complexity index is 1190. The van der Waals surface area contributed by atoms with Crippen molar-refractivity contribution in [3.05, 3.63) is 52.9 Å². The van der Waals surface area contributed by atoms with E-state index >= 15 is 0 Å². The number of aromatic nitrogens is 3. The first-order valence-electron chi connectivity index (χ1n) is 13.3. The summed E-state index contributed by atoms with van der Waals surface area (Å²) in [6.45, 7) is 2.39. The molecule has 6 rings (SSSR count). The van der Waals surface area contributed by atoms with Crippen molar-refractivity contribution in [2.45, 2.75) is 57.4 Å². The number of nitrogens with one attached hydrogen (secondary N) is 1. The fourth-order valence-corrected chi connectivity index (χ4v) is 6.76. The van der Waals surface area contributed by atoms with E-state index in [0.29, 0.717) is 29.4 Å². The fraction of sp³-hybridized carbons (Fsp3) is 0.536. The molecule has 0 spiro atoms. The number of hydrogen-bond acceptors (Lipinski definition) is 6. The summed E-state index contributed by atoms with van der Waals surface area (Å²) in [6, 6.07) is 12.6. The van der Waals surface area contributed by atoms with Crippen molar-refractivity contribution in [2.24, 2.45) is 17.8 Å². The molecule has 2 bridgehead atoms. The molecule has 35 heavy (non-hydrogen) atoms. The molecule has 3 fully saturated rings. The zero-order valence-electron chi connectivity index (χ0n) is 20.3. The summed E-state index contributed by atoms with van der Waals surface area (Å²) < 4.78 is 2.24. The number of benzene rings is 1. The van der Waals surface area contributed by atoms with E-state index in [2.05, 4.69) is 38.1 Å². The summed E-state index contributed by atoms with van der Waals surface area (Å²) in [5, 5.41) is 12.4. The Morgan fingerprint density at radius 2 is 1.94 bits per heavy atom. The van der Waals surface area contributed by atoms with Crippen LogP contribution in [0.25, 0.3) is 11.4 Å². The van der Waals surface area contributed by atoms with E-state index in [1.807, 2.05) is 24.3 Å². The third-order valence-electron chi connectivity index (χ3n) is 8.48. The molecule has 7 heteroatoms. The normalized spacial score (nSPS) is 25.9. The third kappa shape index (κ3) is 4.54. The Labute approximate surface area is 206 Å². The second kappa shape index (κ2) is 9.61. The topological polar surface area (TPSA) is 83.3 Å². The minimum absolute atomic E-state index is 0.228. The zero-order valence-corrected chi connectivity index (χ0v) is 20.3. The number of anilines is 3. The highest BCUT2D eigenvalue weighted by Crippen LogP contribution is 2.51. The minimum Gasteiger partial charge on any atom is -0.396 e. The summed E-state index contributed by atoms with van der Waals surface area (Å²) >= 11 is 0. The standard InChI is InChI=1S/C28H35N5O2/c34-15-3-5-19-4-1-13-32(18-19)23-11-9-22(10-12-23)29-28-30-26-24(27(35)31-28)6-2-14-33(26)25-17-20-7-8-21(25)16-20/h2,6,9-12,14,19-21,25,34H,1,3-5,7-8,13,15-18H2,(H,29,31,35). The number of aliphatic hydroxyl groups excluding tert-OH is 1. The van der Waals surface area contributed by atoms with E-state index in [1.54, 1.807) is 0 Å². The van der Waals surface area contributed by atoms with Crippen LogP contribution in [-0.2, 0) is 0 Å². The zero-order chi connectivity index (χ0) is 23.8. The van der Waals surface area contributed by atoms with Gasteiger partial charge >= 0.3 is 0 Å². The van der Waals surface area contributed by atoms with E-state index in [4.69, 9.17) is 10.1 Å². The number of aliphatic hydroxyl groups is 1. The molecule has 0 radical (unpaired) electrons. The molecule has 0 aromatic heterocycles. The second-order valence-corrected chi connectivity index (χ2v) is 10.7. The molecule has 4 unspecified atom stereocenters. The average molecular weight is 474 g/mol. The third-order valence-corrected chi connectivity index (χ3v) is 8.48. The van der Waals surface area contributed by atoms with Gasteiger partial charge in [0.25, 0.3) is 5.56 Å². The van der Waals surface area contributed by atoms with Gasteiger partial charge in [-0.3, -0.25) is 4.79 Å². The molecular formula is C28H35N5O2. The maximum absolute atomic E-state index is 12.9. The lowest BCUT2D eigenvalue weighted by molar-refractivity contribution is 0.263. The van der Waals surface area contributed by atoms with Crippen LogP contribution >= 0.6 is 0 Å². The fourth-order valence-electron chi connectivity index (χ4n) is 6.76. The summed E-state index contributed by atoms with van der Waals surface area (Å²) in [5.74, 6) is 3.27. The number of fused-ring (bicyclic) bond motifs is 3. The quantitative estimate of drug-likeness (QED) is 0.511. The predicted octanol–water partition coefficient (Wildman–Crippen LogP) is 4.84. The van der Waals surface area contributed by atoms with Gasteiger partial charge in [0.1, 0.15) is 5.82 Å². The molecule has 3 aliphatic heterocycles. The molecule has 3 heterocycles. The van der Waals surface area contributed by atoms with Crippen LogP contribution in [0.1, 0.15) is 57.4 Å². The van der Waals surface area contributed by atoms with Gasteiger partial charge < -0.3 is 19.9 Å². The molecule has 2 N–H and O–H groups in total. The SMILES string of the molecule is O=c1nc(Nc2ccc(N3CCCC(CCCO)C3)cc2)nc2n(C3CC4CCC3C4)cccc1-2. The van der Waals surface area contributed by atoms with Gasteiger partial charge in [-0.25, -0.2) is 0 Å². The molecular weight excluding hydrogens is 438 g/mol. The Kier molecular flexibility index (Phi) is 6.19. The molecule has 2 saturated carbocycles. The van der Waals surface area contributed by atoms with Crippen molar-refractivity contribution >= 4 is 17.3 Å². The molecule has 5 aliphatic rings. The number of nitrogens with zero attached hydrogens (tertiary/aromatic N) is 4. The number of hydrogen-bond donors (Lipinski definition) is 2. The van der Waals surface area contributed by atoms with Crippen LogP contribution in [0.5, 0.6) is 0 Å². The smallest absolute Gasteiger partial charge is 0.284 e. The summed E-state index contributed by atoms with van der Waals surface area (Å²) in [5.41, 5.74) is 2.46. The van der Waals surface area contributed by atoms with Crippen LogP contribution in [-0.4, -0.2) is 39.3 Å². The Morgan fingerprint density at radius 3 is 2.71 bits per heavy atom. The largest absolute Gasteiger partial charge is 0.396 e. The molecule has 1 aromatic carbocycles. The maximum atomic E-state index is 12.9. The van der Waals surface area contributed by atoms with Crippen LogP contribution in [0.3, 0.4) is 0 Å². The van der Waals surface area contributed by atoms with Crippen molar-refractivity contribution in [1.82, 2.24) is 14.5 Å². The molecule has 0 amide bonds. The highest BCUT2D eigenvalue weighted by molar-refractivity contribution is 5.63. The molecule has 1 aromatic rings. The average Bonchev–Trinajstić information content (AvgIpc) is 3.52. The van der Waals surface area contributed by atoms with Gasteiger partial charge in [0.2, 0.25) is 5.95 Å². The van der Waals surface area contributed by atoms with Crippen molar-refractivity contribution in [3.8, 4) is 11.4 Å². The Balaban J connectivity index is 1.21. The van der Waals surface area contributed by atoms with Crippen molar-refractivity contribution < 1.29 is 5.11 Å². The van der Waals surface area contributed by atoms with Crippen LogP contribution in [0.15, 0.2) is 47.4 Å². The maximum Gasteiger partial charge on any atom is 0.284 e. The summed E-state index contributed by atoms with van der Waals surface area (Å²) in [6.07, 6.45) is 11.6. The number of pyridine rings is 1. The number of piperidine rings is 1. The lowest BCUT2D eigenvalue weighted by Gasteiger charge is -2.34. The van der Waals surface area contributed by atoms with E-state index < -0.39 is 0 Å². The van der Waals surface area contributed by atoms with Gasteiger partial charge in [-0.2, -0.15) is 9.97 Å². The lowest BCUT2D eigenvalue weighted by Crippen LogP contribution is -2.35. The van der Waals surface area contributed by atoms with Gasteiger partial charge in [-0.05, 0) is 99.1 Å². The first-order valence-corrected chi connectivity index (χ1v) is 13.3. The van der Waals surface area contributed by atoms with Crippen molar-refractivity contribution in [1.29, 1.82) is 0 Å². The van der Waals surface area contributed by atoms with E-state index in [1.165, 1.54) is 44.2 Å². The van der Waals surface area contributed by atoms with Crippen LogP contribution in [0.4, 0.5) is 17.3 Å². The van der Waals surface area contributed by atoms with Gasteiger partial charge in [-0.15, -0.1) is 0 Å². The first-order chi connectivity index (χ1) is 17.2. The van der Waals surface area contributed by atoms with Gasteiger partial charge in [0.05, 0.1) is 5.56 Å². The molecule has 184 valence electrons. The summed E-state index contributed by atoms with van der Waals surface area (Å²) in [4.78, 5) is 24.4. The highest BCUT2D eigenvalue weighted by Gasteiger charge is 2.41. The Morgan fingerprint density at radius 1 is 1.06 bits per heavy atom. The van der Waals surface area contributed by atoms with Crippen LogP contribution in [0.2, 0.25) is 0 Å². The van der Waals surface area contributed by atoms with Crippen molar-refractivity contribution in [2.75, 3.05) is 29.9 Å². The molecule has 4 atom stereocenters. The van der Waals surface area contributed by atoms with Gasteiger partial charge in [0, 0.05) is 43.3 Å². The van der Waals surface area contributed by atoms with E-state index in [0.717, 1.165) is 43.4 Å². The van der Waals surface area contributed by atoms with Crippen LogP contribution in [0, 0.1) is 17.8 Å². The molecule has 2 aliphatic carbocycles. The lowest BCUT2D eigenvalue weighted by atomic mass is 9.93. The van der Waals surface area contributed by atoms with Crippen LogP contribution < -0.4 is 15.8 Å². The Hall–Kier alpha value is -2.93. The van der Waals surface area contributed by atoms with Gasteiger partial charge in [-0.1, -0.05) is 6.42 Å². The number of rotatable bonds is 7.